The van der Waals surface area contributed by atoms with Crippen LogP contribution in [0.15, 0.2) is 59.4 Å². The molecule has 0 aliphatic heterocycles. The average molecular weight is 366 g/mol. The maximum Gasteiger partial charge on any atom is 0.261 e. The monoisotopic (exact) mass is 366 g/mol. The number of halogens is 1. The summed E-state index contributed by atoms with van der Waals surface area (Å²) in [6, 6.07) is 12.1. The summed E-state index contributed by atoms with van der Waals surface area (Å²) in [5.41, 5.74) is 0.727. The van der Waals surface area contributed by atoms with Crippen LogP contribution < -0.4 is 10.1 Å². The van der Waals surface area contributed by atoms with Crippen LogP contribution in [0.5, 0.6) is 5.75 Å². The second-order valence-corrected chi connectivity index (χ2v) is 5.55. The Kier molecular flexibility index (Phi) is 4.48. The highest BCUT2D eigenvalue weighted by molar-refractivity contribution is 5.62. The molecule has 1 N–H and O–H groups in total. The third-order valence-corrected chi connectivity index (χ3v) is 3.77. The van der Waals surface area contributed by atoms with Gasteiger partial charge in [0.1, 0.15) is 17.4 Å². The molecule has 3 heterocycles. The number of para-hydroxylation sites is 1. The van der Waals surface area contributed by atoms with E-state index in [1.807, 2.05) is 24.3 Å². The van der Waals surface area contributed by atoms with Crippen LogP contribution in [0.4, 0.5) is 10.2 Å². The van der Waals surface area contributed by atoms with Crippen molar-refractivity contribution in [3.05, 3.63) is 66.5 Å². The number of nitrogens with zero attached hydrogens (tertiary/aromatic N) is 5. The third kappa shape index (κ3) is 3.61. The number of nitrogens with one attached hydrogen (secondary N) is 1. The average Bonchev–Trinajstić information content (AvgIpc) is 3.36. The summed E-state index contributed by atoms with van der Waals surface area (Å²) in [5.74, 6) is 2.24. The first-order valence-electron chi connectivity index (χ1n) is 8.10. The molecule has 3 aromatic heterocycles. The van der Waals surface area contributed by atoms with Gasteiger partial charge < -0.3 is 14.6 Å². The number of methoxy groups -OCH3 is 1. The largest absolute Gasteiger partial charge is 0.496 e. The maximum absolute atomic E-state index is 13.0. The van der Waals surface area contributed by atoms with Crippen molar-refractivity contribution in [1.29, 1.82) is 0 Å². The molecule has 0 unspecified atom stereocenters. The molecule has 0 saturated heterocycles. The molecular weight excluding hydrogens is 351 g/mol. The van der Waals surface area contributed by atoms with Gasteiger partial charge in [-0.3, -0.25) is 0 Å². The van der Waals surface area contributed by atoms with Gasteiger partial charge in [0.25, 0.3) is 5.89 Å². The van der Waals surface area contributed by atoms with Gasteiger partial charge in [-0.25, -0.2) is 14.1 Å². The van der Waals surface area contributed by atoms with E-state index in [1.165, 1.54) is 10.7 Å². The fourth-order valence-corrected chi connectivity index (χ4v) is 2.48. The van der Waals surface area contributed by atoms with Crippen LogP contribution in [0, 0.1) is 5.82 Å². The van der Waals surface area contributed by atoms with E-state index < -0.39 is 5.82 Å². The summed E-state index contributed by atoms with van der Waals surface area (Å²) in [5, 5.41) is 11.4. The highest BCUT2D eigenvalue weighted by Gasteiger charge is 2.13. The van der Waals surface area contributed by atoms with E-state index in [2.05, 4.69) is 25.5 Å². The lowest BCUT2D eigenvalue weighted by Crippen LogP contribution is -2.03. The normalized spacial score (nSPS) is 10.7. The van der Waals surface area contributed by atoms with Gasteiger partial charge in [-0.05, 0) is 24.3 Å². The zero-order chi connectivity index (χ0) is 18.6. The molecule has 27 heavy (non-hydrogen) atoms. The number of pyridine rings is 1. The first-order valence-corrected chi connectivity index (χ1v) is 8.10. The first kappa shape index (κ1) is 16.7. The molecule has 0 atom stereocenters. The Hall–Kier alpha value is -3.75. The maximum atomic E-state index is 13.0. The minimum Gasteiger partial charge on any atom is -0.496 e. The summed E-state index contributed by atoms with van der Waals surface area (Å²) >= 11 is 0. The van der Waals surface area contributed by atoms with Crippen molar-refractivity contribution in [3.8, 4) is 23.0 Å². The zero-order valence-electron chi connectivity index (χ0n) is 14.3. The molecule has 0 amide bonds. The summed E-state index contributed by atoms with van der Waals surface area (Å²) in [6.07, 6.45) is 2.86. The third-order valence-electron chi connectivity index (χ3n) is 3.77. The Morgan fingerprint density at radius 2 is 2.07 bits per heavy atom. The van der Waals surface area contributed by atoms with E-state index in [0.717, 1.165) is 11.8 Å². The number of benzene rings is 1. The van der Waals surface area contributed by atoms with Crippen molar-refractivity contribution in [2.75, 3.05) is 12.4 Å². The van der Waals surface area contributed by atoms with Crippen LogP contribution in [0.1, 0.15) is 5.82 Å². The van der Waals surface area contributed by atoms with Crippen LogP contribution in [0.25, 0.3) is 17.3 Å². The fraction of sp³-hybridized carbons (Fsp3) is 0.111. The van der Waals surface area contributed by atoms with Gasteiger partial charge in [0.2, 0.25) is 0 Å². The quantitative estimate of drug-likeness (QED) is 0.561. The minimum absolute atomic E-state index is 0.326. The van der Waals surface area contributed by atoms with Gasteiger partial charge in [-0.2, -0.15) is 4.98 Å². The van der Waals surface area contributed by atoms with Gasteiger partial charge in [0.15, 0.2) is 11.6 Å². The number of hydrogen-bond acceptors (Lipinski definition) is 7. The van der Waals surface area contributed by atoms with Crippen LogP contribution in [0.3, 0.4) is 0 Å². The molecule has 0 radical (unpaired) electrons. The van der Waals surface area contributed by atoms with Crippen molar-refractivity contribution in [2.24, 2.45) is 0 Å². The van der Waals surface area contributed by atoms with Crippen molar-refractivity contribution in [1.82, 2.24) is 24.9 Å². The van der Waals surface area contributed by atoms with Gasteiger partial charge >= 0.3 is 0 Å². The van der Waals surface area contributed by atoms with Crippen molar-refractivity contribution >= 4 is 5.82 Å². The van der Waals surface area contributed by atoms with Crippen LogP contribution >= 0.6 is 0 Å². The van der Waals surface area contributed by atoms with Gasteiger partial charge in [0, 0.05) is 12.3 Å². The molecular formula is C18H15FN6O2. The predicted octanol–water partition coefficient (Wildman–Crippen LogP) is 3.08. The topological polar surface area (TPSA) is 90.9 Å². The molecule has 4 rings (SSSR count). The Morgan fingerprint density at radius 3 is 2.89 bits per heavy atom. The number of anilines is 1. The molecule has 8 nitrogen and oxygen atoms in total. The van der Waals surface area contributed by atoms with E-state index >= 15 is 0 Å². The van der Waals surface area contributed by atoms with E-state index in [9.17, 15) is 4.39 Å². The Labute approximate surface area is 153 Å². The second kappa shape index (κ2) is 7.24. The summed E-state index contributed by atoms with van der Waals surface area (Å²) < 4.78 is 25.1. The lowest BCUT2D eigenvalue weighted by atomic mass is 10.2. The lowest BCUT2D eigenvalue weighted by molar-refractivity contribution is 0.403. The molecule has 0 bridgehead atoms. The van der Waals surface area contributed by atoms with E-state index in [0.29, 0.717) is 35.6 Å². The lowest BCUT2D eigenvalue weighted by Gasteiger charge is -2.02. The van der Waals surface area contributed by atoms with Crippen molar-refractivity contribution < 1.29 is 13.7 Å². The van der Waals surface area contributed by atoms with Gasteiger partial charge in [-0.1, -0.05) is 17.3 Å². The molecule has 0 spiro atoms. The summed E-state index contributed by atoms with van der Waals surface area (Å²) in [7, 11) is 1.59. The summed E-state index contributed by atoms with van der Waals surface area (Å²) in [6.45, 7) is 0.326. The molecule has 9 heteroatoms. The minimum atomic E-state index is -0.396. The molecule has 0 saturated carbocycles. The van der Waals surface area contributed by atoms with Crippen LogP contribution in [-0.2, 0) is 6.54 Å². The van der Waals surface area contributed by atoms with Gasteiger partial charge in [-0.15, -0.1) is 5.10 Å². The van der Waals surface area contributed by atoms with Crippen LogP contribution in [-0.4, -0.2) is 32.0 Å². The molecule has 4 aromatic rings. The molecule has 136 valence electrons. The smallest absolute Gasteiger partial charge is 0.261 e. The van der Waals surface area contributed by atoms with Gasteiger partial charge in [0.05, 0.1) is 25.4 Å². The number of ether oxygens (including phenoxy) is 1. The highest BCUT2D eigenvalue weighted by atomic mass is 19.1. The van der Waals surface area contributed by atoms with E-state index in [4.69, 9.17) is 9.26 Å². The number of hydrogen-bond donors (Lipinski definition) is 1. The molecule has 0 aliphatic carbocycles. The van der Waals surface area contributed by atoms with Crippen molar-refractivity contribution in [3.63, 3.8) is 0 Å². The number of aromatic nitrogens is 5. The SMILES string of the molecule is COc1ccccc1-c1nc(CNc2ccn(-c3ccc(F)cn3)n2)no1. The summed E-state index contributed by atoms with van der Waals surface area (Å²) in [4.78, 5) is 8.35. The Balaban J connectivity index is 1.44. The van der Waals surface area contributed by atoms with Crippen LogP contribution in [0.2, 0.25) is 0 Å². The molecule has 0 aliphatic rings. The highest BCUT2D eigenvalue weighted by Crippen LogP contribution is 2.28. The zero-order valence-corrected chi connectivity index (χ0v) is 14.3. The Bertz CT molecular complexity index is 1040. The standard InChI is InChI=1S/C18H15FN6O2/c1-26-14-5-3-2-4-13(14)18-22-16(24-27-18)11-20-15-8-9-25(23-15)17-7-6-12(19)10-21-17/h2-10H,11H2,1H3,(H,20,23). The molecule has 0 fully saturated rings. The molecule has 1 aromatic carbocycles. The van der Waals surface area contributed by atoms with Crippen molar-refractivity contribution in [2.45, 2.75) is 6.54 Å². The number of rotatable bonds is 6. The fourth-order valence-electron chi connectivity index (χ4n) is 2.48. The van der Waals surface area contributed by atoms with E-state index in [1.54, 1.807) is 25.4 Å². The predicted molar refractivity (Wildman–Crippen MR) is 94.9 cm³/mol. The van der Waals surface area contributed by atoms with E-state index in [-0.39, 0.29) is 0 Å². The second-order valence-electron chi connectivity index (χ2n) is 5.55. The first-order chi connectivity index (χ1) is 13.2. The Morgan fingerprint density at radius 1 is 1.19 bits per heavy atom.